The second kappa shape index (κ2) is 9.16. The molecule has 148 valence electrons. The Kier molecular flexibility index (Phi) is 7.77. The second-order valence-electron chi connectivity index (χ2n) is 6.10. The number of amides is 1. The van der Waals surface area contributed by atoms with Crippen LogP contribution in [0.5, 0.6) is 0 Å². The summed E-state index contributed by atoms with van der Waals surface area (Å²) in [6.45, 7) is 3.68. The van der Waals surface area contributed by atoms with E-state index in [1.54, 1.807) is 26.1 Å². The van der Waals surface area contributed by atoms with Gasteiger partial charge in [0.05, 0.1) is 4.90 Å². The Morgan fingerprint density at radius 2 is 1.93 bits per heavy atom. The number of sulfonamides is 1. The third-order valence-corrected chi connectivity index (χ3v) is 5.52. The molecule has 0 aliphatic carbocycles. The molecule has 0 aromatic heterocycles. The van der Waals surface area contributed by atoms with Crippen LogP contribution in [0, 0.1) is 12.7 Å². The molecule has 1 unspecified atom stereocenters. The molecular weight excluding hydrogens is 393 g/mol. The highest BCUT2D eigenvalue weighted by Crippen LogP contribution is 2.20. The van der Waals surface area contributed by atoms with E-state index in [4.69, 9.17) is 5.73 Å². The fraction of sp³-hybridized carbons (Fsp3) is 0.278. The molecule has 2 rings (SSSR count). The molecule has 9 heteroatoms. The van der Waals surface area contributed by atoms with E-state index in [-0.39, 0.29) is 34.9 Å². The standard InChI is InChI=1S/C18H22FN3O3S.ClH/c1-12-7-8-16(10-17(12)19)26(24,25)21-15-6-4-5-14(9-15)18(23)22(3)13(2)11-20;/h4-10,13,21H,11,20H2,1-3H3;1H. The first-order chi connectivity index (χ1) is 12.2. The van der Waals surface area contributed by atoms with Gasteiger partial charge < -0.3 is 10.6 Å². The van der Waals surface area contributed by atoms with Crippen molar-refractivity contribution < 1.29 is 17.6 Å². The SMILES string of the molecule is Cc1ccc(S(=O)(=O)Nc2cccc(C(=O)N(C)C(C)CN)c2)cc1F.Cl. The van der Waals surface area contributed by atoms with E-state index in [0.29, 0.717) is 17.7 Å². The average molecular weight is 416 g/mol. The predicted molar refractivity (Wildman–Crippen MR) is 106 cm³/mol. The molecule has 0 bridgehead atoms. The number of nitrogens with zero attached hydrogens (tertiary/aromatic N) is 1. The van der Waals surface area contributed by atoms with Crippen molar-refractivity contribution >= 4 is 34.0 Å². The number of anilines is 1. The number of carbonyl (C=O) groups is 1. The Labute approximate surface area is 165 Å². The van der Waals surface area contributed by atoms with Gasteiger partial charge in [-0.3, -0.25) is 9.52 Å². The van der Waals surface area contributed by atoms with Gasteiger partial charge in [-0.25, -0.2) is 12.8 Å². The first kappa shape index (κ1) is 22.9. The van der Waals surface area contributed by atoms with Gasteiger partial charge in [0.15, 0.2) is 0 Å². The maximum Gasteiger partial charge on any atom is 0.261 e. The first-order valence-electron chi connectivity index (χ1n) is 8.02. The van der Waals surface area contributed by atoms with Crippen molar-refractivity contribution in [3.05, 3.63) is 59.4 Å². The smallest absolute Gasteiger partial charge is 0.261 e. The van der Waals surface area contributed by atoms with Gasteiger partial charge in [-0.1, -0.05) is 12.1 Å². The number of carbonyl (C=O) groups excluding carboxylic acids is 1. The summed E-state index contributed by atoms with van der Waals surface area (Å²) in [5.41, 5.74) is 6.46. The van der Waals surface area contributed by atoms with E-state index in [2.05, 4.69) is 4.72 Å². The van der Waals surface area contributed by atoms with Crippen LogP contribution in [-0.2, 0) is 10.0 Å². The van der Waals surface area contributed by atoms with Crippen LogP contribution in [0.1, 0.15) is 22.8 Å². The molecule has 0 aliphatic rings. The Bertz CT molecular complexity index is 922. The lowest BCUT2D eigenvalue weighted by molar-refractivity contribution is 0.0748. The van der Waals surface area contributed by atoms with Crippen LogP contribution in [0.3, 0.4) is 0 Å². The molecule has 2 aromatic rings. The van der Waals surface area contributed by atoms with Crippen molar-refractivity contribution in [3.63, 3.8) is 0 Å². The van der Waals surface area contributed by atoms with E-state index in [1.807, 2.05) is 6.92 Å². The van der Waals surface area contributed by atoms with Crippen molar-refractivity contribution in [2.24, 2.45) is 5.73 Å². The van der Waals surface area contributed by atoms with Gasteiger partial charge in [-0.05, 0) is 49.7 Å². The zero-order chi connectivity index (χ0) is 19.5. The van der Waals surface area contributed by atoms with Gasteiger partial charge in [-0.15, -0.1) is 12.4 Å². The molecule has 1 amide bonds. The largest absolute Gasteiger partial charge is 0.338 e. The van der Waals surface area contributed by atoms with Crippen molar-refractivity contribution in [1.82, 2.24) is 4.90 Å². The van der Waals surface area contributed by atoms with Gasteiger partial charge in [-0.2, -0.15) is 0 Å². The van der Waals surface area contributed by atoms with E-state index in [1.165, 1.54) is 29.2 Å². The van der Waals surface area contributed by atoms with Gasteiger partial charge in [0.25, 0.3) is 15.9 Å². The van der Waals surface area contributed by atoms with Crippen LogP contribution in [0.25, 0.3) is 0 Å². The molecule has 3 N–H and O–H groups in total. The molecule has 6 nitrogen and oxygen atoms in total. The summed E-state index contributed by atoms with van der Waals surface area (Å²) >= 11 is 0. The lowest BCUT2D eigenvalue weighted by Gasteiger charge is -2.23. The summed E-state index contributed by atoms with van der Waals surface area (Å²) < 4.78 is 40.9. The number of nitrogens with one attached hydrogen (secondary N) is 1. The summed E-state index contributed by atoms with van der Waals surface area (Å²) in [4.78, 5) is 13.8. The fourth-order valence-corrected chi connectivity index (χ4v) is 3.29. The van der Waals surface area contributed by atoms with Crippen LogP contribution in [0.2, 0.25) is 0 Å². The van der Waals surface area contributed by atoms with Crippen molar-refractivity contribution in [2.45, 2.75) is 24.8 Å². The Morgan fingerprint density at radius 3 is 2.52 bits per heavy atom. The van der Waals surface area contributed by atoms with Gasteiger partial charge in [0.2, 0.25) is 0 Å². The summed E-state index contributed by atoms with van der Waals surface area (Å²) in [5, 5.41) is 0. The molecule has 1 atom stereocenters. The normalized spacial score (nSPS) is 12.0. The molecule has 0 fully saturated rings. The van der Waals surface area contributed by atoms with Gasteiger partial charge in [0.1, 0.15) is 5.82 Å². The number of hydrogen-bond acceptors (Lipinski definition) is 4. The lowest BCUT2D eigenvalue weighted by Crippen LogP contribution is -2.39. The lowest BCUT2D eigenvalue weighted by atomic mass is 10.1. The average Bonchev–Trinajstić information content (AvgIpc) is 2.61. The molecule has 0 spiro atoms. The number of halogens is 2. The van der Waals surface area contributed by atoms with E-state index in [9.17, 15) is 17.6 Å². The van der Waals surface area contributed by atoms with E-state index >= 15 is 0 Å². The highest BCUT2D eigenvalue weighted by molar-refractivity contribution is 7.92. The minimum absolute atomic E-state index is 0. The van der Waals surface area contributed by atoms with Crippen LogP contribution in [0.4, 0.5) is 10.1 Å². The number of aryl methyl sites for hydroxylation is 1. The molecule has 27 heavy (non-hydrogen) atoms. The number of hydrogen-bond donors (Lipinski definition) is 2. The number of rotatable bonds is 6. The Morgan fingerprint density at radius 1 is 1.26 bits per heavy atom. The number of nitrogens with two attached hydrogens (primary N) is 1. The number of benzene rings is 2. The zero-order valence-corrected chi connectivity index (χ0v) is 16.9. The van der Waals surface area contributed by atoms with Crippen LogP contribution >= 0.6 is 12.4 Å². The summed E-state index contributed by atoms with van der Waals surface area (Å²) in [5.74, 6) is -0.875. The molecule has 0 saturated carbocycles. The van der Waals surface area contributed by atoms with E-state index < -0.39 is 15.8 Å². The predicted octanol–water partition coefficient (Wildman–Crippen LogP) is 2.78. The maximum absolute atomic E-state index is 13.7. The molecule has 2 aromatic carbocycles. The maximum atomic E-state index is 13.7. The highest BCUT2D eigenvalue weighted by Gasteiger charge is 2.19. The third-order valence-electron chi connectivity index (χ3n) is 4.14. The third kappa shape index (κ3) is 5.41. The summed E-state index contributed by atoms with van der Waals surface area (Å²) in [6.07, 6.45) is 0. The van der Waals surface area contributed by atoms with Crippen molar-refractivity contribution in [1.29, 1.82) is 0 Å². The number of likely N-dealkylation sites (N-methyl/N-ethyl adjacent to an activating group) is 1. The molecule has 0 saturated heterocycles. The molecule has 0 heterocycles. The minimum atomic E-state index is -3.97. The van der Waals surface area contributed by atoms with Crippen molar-refractivity contribution in [3.8, 4) is 0 Å². The first-order valence-corrected chi connectivity index (χ1v) is 9.50. The highest BCUT2D eigenvalue weighted by atomic mass is 35.5. The summed E-state index contributed by atoms with van der Waals surface area (Å²) in [6, 6.07) is 9.64. The monoisotopic (exact) mass is 415 g/mol. The quantitative estimate of drug-likeness (QED) is 0.758. The Hall–Kier alpha value is -2.16. The topological polar surface area (TPSA) is 92.5 Å². The minimum Gasteiger partial charge on any atom is -0.338 e. The second-order valence-corrected chi connectivity index (χ2v) is 7.78. The van der Waals surface area contributed by atoms with Crippen LogP contribution in [-0.4, -0.2) is 38.9 Å². The Balaban J connectivity index is 0.00000364. The van der Waals surface area contributed by atoms with Gasteiger partial charge in [0, 0.05) is 30.9 Å². The van der Waals surface area contributed by atoms with E-state index in [0.717, 1.165) is 6.07 Å². The fourth-order valence-electron chi connectivity index (χ4n) is 2.23. The summed E-state index contributed by atoms with van der Waals surface area (Å²) in [7, 11) is -2.34. The van der Waals surface area contributed by atoms with Gasteiger partial charge >= 0.3 is 0 Å². The van der Waals surface area contributed by atoms with Crippen molar-refractivity contribution in [2.75, 3.05) is 18.3 Å². The van der Waals surface area contributed by atoms with Crippen LogP contribution < -0.4 is 10.5 Å². The molecular formula is C18H23ClFN3O3S. The molecule has 0 radical (unpaired) electrons. The van der Waals surface area contributed by atoms with Crippen LogP contribution in [0.15, 0.2) is 47.4 Å². The molecule has 0 aliphatic heterocycles. The zero-order valence-electron chi connectivity index (χ0n) is 15.3.